The van der Waals surface area contributed by atoms with E-state index in [-0.39, 0.29) is 36.2 Å². The average molecular weight is 533 g/mol. The third-order valence-corrected chi connectivity index (χ3v) is 5.19. The highest BCUT2D eigenvalue weighted by Gasteiger charge is 2.32. The van der Waals surface area contributed by atoms with Crippen molar-refractivity contribution in [2.45, 2.75) is 38.5 Å². The van der Waals surface area contributed by atoms with E-state index in [2.05, 4.69) is 17.1 Å². The molecule has 0 aliphatic carbocycles. The van der Waals surface area contributed by atoms with Gasteiger partial charge in [0.15, 0.2) is 5.96 Å². The highest BCUT2D eigenvalue weighted by molar-refractivity contribution is 14.0. The van der Waals surface area contributed by atoms with Gasteiger partial charge in [-0.25, -0.2) is 9.79 Å². The molecule has 1 aromatic carbocycles. The molecular weight excluding hydrogens is 501 g/mol. The number of esters is 1. The number of ether oxygens (including phenoxy) is 4. The Morgan fingerprint density at radius 3 is 2.73 bits per heavy atom. The number of benzene rings is 1. The number of nitrogens with one attached hydrogen (secondary N) is 1. The summed E-state index contributed by atoms with van der Waals surface area (Å²) in [7, 11) is 2.89. The van der Waals surface area contributed by atoms with Crippen LogP contribution in [0.1, 0.15) is 35.7 Å². The van der Waals surface area contributed by atoms with E-state index in [1.54, 1.807) is 12.1 Å². The highest BCUT2D eigenvalue weighted by atomic mass is 127. The van der Waals surface area contributed by atoms with Crippen molar-refractivity contribution in [1.82, 2.24) is 10.2 Å². The van der Waals surface area contributed by atoms with Crippen molar-refractivity contribution in [1.29, 1.82) is 0 Å². The Balaban J connectivity index is 0.00000320. The fourth-order valence-electron chi connectivity index (χ4n) is 3.70. The van der Waals surface area contributed by atoms with E-state index in [0.29, 0.717) is 24.5 Å². The van der Waals surface area contributed by atoms with Gasteiger partial charge in [0.1, 0.15) is 17.4 Å². The molecule has 2 saturated heterocycles. The number of nitrogens with zero attached hydrogens (tertiary/aromatic N) is 2. The number of halogens is 1. The summed E-state index contributed by atoms with van der Waals surface area (Å²) in [6.07, 6.45) is 2.39. The molecule has 2 heterocycles. The van der Waals surface area contributed by atoms with Crippen molar-refractivity contribution < 1.29 is 23.7 Å². The smallest absolute Gasteiger partial charge is 0.341 e. The Hall–Kier alpha value is -1.59. The molecular formula is C21H32IN3O5. The first-order chi connectivity index (χ1) is 14.2. The Labute approximate surface area is 195 Å². The van der Waals surface area contributed by atoms with Crippen LogP contribution in [0.15, 0.2) is 23.2 Å². The van der Waals surface area contributed by atoms with Gasteiger partial charge in [0.25, 0.3) is 0 Å². The molecule has 1 aromatic rings. The van der Waals surface area contributed by atoms with Crippen molar-refractivity contribution in [3.8, 4) is 5.75 Å². The molecule has 2 fully saturated rings. The van der Waals surface area contributed by atoms with Gasteiger partial charge in [0.2, 0.25) is 0 Å². The van der Waals surface area contributed by atoms with Crippen LogP contribution < -0.4 is 10.1 Å². The van der Waals surface area contributed by atoms with Gasteiger partial charge >= 0.3 is 5.97 Å². The number of carbonyl (C=O) groups is 1. The Morgan fingerprint density at radius 2 is 2.07 bits per heavy atom. The zero-order valence-corrected chi connectivity index (χ0v) is 20.2. The molecule has 2 atom stereocenters. The lowest BCUT2D eigenvalue weighted by Gasteiger charge is -2.37. The summed E-state index contributed by atoms with van der Waals surface area (Å²) in [6.45, 7) is 6.28. The first-order valence-electron chi connectivity index (χ1n) is 10.2. The van der Waals surface area contributed by atoms with Gasteiger partial charge in [-0.1, -0.05) is 6.07 Å². The van der Waals surface area contributed by atoms with E-state index >= 15 is 0 Å². The van der Waals surface area contributed by atoms with Crippen LogP contribution in [0.25, 0.3) is 0 Å². The van der Waals surface area contributed by atoms with Crippen LogP contribution in [0, 0.1) is 0 Å². The molecule has 0 bridgehead atoms. The lowest BCUT2D eigenvalue weighted by atomic mass is 10.1. The zero-order valence-electron chi connectivity index (χ0n) is 17.9. The minimum atomic E-state index is -0.424. The number of hydrogen-bond donors (Lipinski definition) is 1. The Kier molecular flexibility index (Phi) is 10.1. The molecule has 2 aliphatic rings. The molecule has 2 aliphatic heterocycles. The van der Waals surface area contributed by atoms with Crippen LogP contribution in [0.3, 0.4) is 0 Å². The number of rotatable bonds is 6. The van der Waals surface area contributed by atoms with Crippen LogP contribution in [0.2, 0.25) is 0 Å². The van der Waals surface area contributed by atoms with Gasteiger partial charge in [0, 0.05) is 26.2 Å². The van der Waals surface area contributed by atoms with E-state index in [0.717, 1.165) is 50.6 Å². The zero-order chi connectivity index (χ0) is 20.6. The summed E-state index contributed by atoms with van der Waals surface area (Å²) < 4.78 is 21.9. The molecule has 9 heteroatoms. The van der Waals surface area contributed by atoms with Crippen molar-refractivity contribution >= 4 is 35.9 Å². The van der Waals surface area contributed by atoms with Crippen LogP contribution in [0.4, 0.5) is 0 Å². The summed E-state index contributed by atoms with van der Waals surface area (Å²) in [5.41, 5.74) is 1.31. The molecule has 30 heavy (non-hydrogen) atoms. The first kappa shape index (κ1) is 24.7. The molecule has 1 N–H and O–H groups in total. The van der Waals surface area contributed by atoms with Crippen molar-refractivity contribution in [2.75, 3.05) is 47.1 Å². The van der Waals surface area contributed by atoms with Crippen LogP contribution in [-0.2, 0) is 20.8 Å². The van der Waals surface area contributed by atoms with Gasteiger partial charge in [-0.15, -0.1) is 24.0 Å². The molecule has 0 aromatic heterocycles. The number of hydrogen-bond acceptors (Lipinski definition) is 6. The molecule has 0 saturated carbocycles. The number of carbonyl (C=O) groups excluding carboxylic acids is 1. The Morgan fingerprint density at radius 1 is 1.27 bits per heavy atom. The number of methoxy groups -OCH3 is 2. The van der Waals surface area contributed by atoms with Crippen LogP contribution >= 0.6 is 24.0 Å². The minimum Gasteiger partial charge on any atom is -0.496 e. The predicted octanol–water partition coefficient (Wildman–Crippen LogP) is 2.45. The topological polar surface area (TPSA) is 81.6 Å². The normalized spacial score (nSPS) is 21.7. The van der Waals surface area contributed by atoms with Crippen molar-refractivity contribution in [2.24, 2.45) is 4.99 Å². The summed E-state index contributed by atoms with van der Waals surface area (Å²) in [4.78, 5) is 19.0. The molecule has 0 amide bonds. The number of guanidine groups is 1. The second-order valence-electron chi connectivity index (χ2n) is 7.10. The monoisotopic (exact) mass is 533 g/mol. The van der Waals surface area contributed by atoms with E-state index in [1.165, 1.54) is 14.2 Å². The Bertz CT molecular complexity index is 725. The second-order valence-corrected chi connectivity index (χ2v) is 7.10. The second kappa shape index (κ2) is 12.3. The largest absolute Gasteiger partial charge is 0.496 e. The maximum absolute atomic E-state index is 12.0. The van der Waals surface area contributed by atoms with Gasteiger partial charge in [0.05, 0.1) is 33.5 Å². The van der Waals surface area contributed by atoms with E-state index in [1.807, 2.05) is 6.07 Å². The lowest BCUT2D eigenvalue weighted by Crippen LogP contribution is -2.53. The number of aliphatic imine (C=N–C) groups is 1. The third kappa shape index (κ3) is 6.21. The van der Waals surface area contributed by atoms with E-state index < -0.39 is 5.97 Å². The van der Waals surface area contributed by atoms with Gasteiger partial charge < -0.3 is 29.2 Å². The molecule has 8 nitrogen and oxygen atoms in total. The van der Waals surface area contributed by atoms with E-state index in [4.69, 9.17) is 23.9 Å². The lowest BCUT2D eigenvalue weighted by molar-refractivity contribution is -0.0817. The summed E-state index contributed by atoms with van der Waals surface area (Å²) >= 11 is 0. The summed E-state index contributed by atoms with van der Waals surface area (Å²) in [6, 6.07) is 5.45. The van der Waals surface area contributed by atoms with Gasteiger partial charge in [-0.05, 0) is 37.5 Å². The molecule has 2 unspecified atom stereocenters. The van der Waals surface area contributed by atoms with Crippen molar-refractivity contribution in [3.63, 3.8) is 0 Å². The SMILES string of the molecule is CCNC(=NCc1ccc(OC)c(C(=O)OC)c1)N1CCOC(C2CCCO2)C1.I. The highest BCUT2D eigenvalue weighted by Crippen LogP contribution is 2.22. The fourth-order valence-corrected chi connectivity index (χ4v) is 3.70. The van der Waals surface area contributed by atoms with Crippen LogP contribution in [0.5, 0.6) is 5.75 Å². The quantitative estimate of drug-likeness (QED) is 0.261. The standard InChI is InChI=1S/C21H31N3O5.HI/c1-4-22-21(24-9-11-29-19(14-24)18-6-5-10-28-18)23-13-15-7-8-17(26-2)16(12-15)20(25)27-3;/h7-8,12,18-19H,4-6,9-11,13-14H2,1-3H3,(H,22,23);1H. The summed E-state index contributed by atoms with van der Waals surface area (Å²) in [5.74, 6) is 0.908. The number of morpholine rings is 1. The minimum absolute atomic E-state index is 0. The predicted molar refractivity (Wildman–Crippen MR) is 125 cm³/mol. The van der Waals surface area contributed by atoms with Gasteiger partial charge in [-0.2, -0.15) is 0 Å². The molecule has 0 radical (unpaired) electrons. The molecule has 168 valence electrons. The first-order valence-corrected chi connectivity index (χ1v) is 10.2. The molecule has 3 rings (SSSR count). The molecule has 0 spiro atoms. The maximum atomic E-state index is 12.0. The van der Waals surface area contributed by atoms with Gasteiger partial charge in [-0.3, -0.25) is 0 Å². The summed E-state index contributed by atoms with van der Waals surface area (Å²) in [5, 5.41) is 3.37. The fraction of sp³-hybridized carbons (Fsp3) is 0.619. The average Bonchev–Trinajstić information content (AvgIpc) is 3.31. The van der Waals surface area contributed by atoms with Crippen molar-refractivity contribution in [3.05, 3.63) is 29.3 Å². The maximum Gasteiger partial charge on any atom is 0.341 e. The van der Waals surface area contributed by atoms with Crippen LogP contribution in [-0.4, -0.2) is 76.1 Å². The van der Waals surface area contributed by atoms with E-state index in [9.17, 15) is 4.79 Å². The third-order valence-electron chi connectivity index (χ3n) is 5.19.